The van der Waals surface area contributed by atoms with E-state index in [1.807, 2.05) is 0 Å². The second-order valence-electron chi connectivity index (χ2n) is 4.03. The highest BCUT2D eigenvalue weighted by atomic mass is 16.4. The van der Waals surface area contributed by atoms with E-state index in [1.54, 1.807) is 12.1 Å². The Morgan fingerprint density at radius 1 is 1.44 bits per heavy atom. The van der Waals surface area contributed by atoms with Crippen molar-refractivity contribution in [1.29, 1.82) is 0 Å². The van der Waals surface area contributed by atoms with E-state index in [-0.39, 0.29) is 5.69 Å². The van der Waals surface area contributed by atoms with E-state index in [0.29, 0.717) is 24.6 Å². The smallest absolute Gasteiger partial charge is 0.354 e. The van der Waals surface area contributed by atoms with Crippen molar-refractivity contribution in [1.82, 2.24) is 15.3 Å². The second kappa shape index (κ2) is 4.23. The van der Waals surface area contributed by atoms with Crippen LogP contribution in [0, 0.1) is 0 Å². The van der Waals surface area contributed by atoms with Crippen molar-refractivity contribution in [3.05, 3.63) is 35.3 Å². The number of nitrogens with zero attached hydrogens (tertiary/aromatic N) is 2. The molecule has 92 valence electrons. The quantitative estimate of drug-likeness (QED) is 0.823. The van der Waals surface area contributed by atoms with Crippen LogP contribution in [0.1, 0.15) is 21.7 Å². The summed E-state index contributed by atoms with van der Waals surface area (Å²) in [4.78, 5) is 19.7. The van der Waals surface area contributed by atoms with Crippen molar-refractivity contribution in [3.8, 4) is 11.6 Å². The first-order valence-electron chi connectivity index (χ1n) is 5.63. The van der Waals surface area contributed by atoms with E-state index in [4.69, 9.17) is 4.42 Å². The fraction of sp³-hybridized carbons (Fsp3) is 0.250. The Bertz CT molecular complexity index is 593. The molecule has 0 unspecified atom stereocenters. The van der Waals surface area contributed by atoms with Crippen LogP contribution in [-0.2, 0) is 13.0 Å². The van der Waals surface area contributed by atoms with Gasteiger partial charge in [-0.1, -0.05) is 0 Å². The van der Waals surface area contributed by atoms with Gasteiger partial charge in [0, 0.05) is 12.1 Å². The number of aromatic nitrogens is 2. The van der Waals surface area contributed by atoms with Crippen molar-refractivity contribution < 1.29 is 14.3 Å². The van der Waals surface area contributed by atoms with Crippen LogP contribution in [0.3, 0.4) is 0 Å². The van der Waals surface area contributed by atoms with Crippen LogP contribution < -0.4 is 5.32 Å². The van der Waals surface area contributed by atoms with Gasteiger partial charge >= 0.3 is 5.97 Å². The Morgan fingerprint density at radius 3 is 3.06 bits per heavy atom. The monoisotopic (exact) mass is 245 g/mol. The third-order valence-electron chi connectivity index (χ3n) is 2.88. The van der Waals surface area contributed by atoms with Crippen molar-refractivity contribution in [2.45, 2.75) is 13.0 Å². The van der Waals surface area contributed by atoms with Crippen LogP contribution in [0.4, 0.5) is 0 Å². The van der Waals surface area contributed by atoms with Crippen LogP contribution in [0.25, 0.3) is 11.6 Å². The zero-order valence-corrected chi connectivity index (χ0v) is 9.51. The molecule has 0 saturated carbocycles. The number of hydrogen-bond donors (Lipinski definition) is 2. The molecule has 18 heavy (non-hydrogen) atoms. The summed E-state index contributed by atoms with van der Waals surface area (Å²) in [5.41, 5.74) is 1.53. The number of carbonyl (C=O) groups is 1. The van der Waals surface area contributed by atoms with Crippen LogP contribution in [0.2, 0.25) is 0 Å². The standard InChI is InChI=1S/C12H11N3O3/c16-12(17)10-7-3-4-13-6-8(7)14-11(15-10)9-2-1-5-18-9/h1-2,5,13H,3-4,6H2,(H,16,17). The molecule has 6 heteroatoms. The average molecular weight is 245 g/mol. The van der Waals surface area contributed by atoms with E-state index in [9.17, 15) is 9.90 Å². The first-order valence-corrected chi connectivity index (χ1v) is 5.63. The molecule has 0 aromatic carbocycles. The van der Waals surface area contributed by atoms with Crippen molar-refractivity contribution in [2.24, 2.45) is 0 Å². The summed E-state index contributed by atoms with van der Waals surface area (Å²) in [5, 5.41) is 12.4. The molecule has 0 spiro atoms. The third kappa shape index (κ3) is 1.76. The molecular formula is C12H11N3O3. The lowest BCUT2D eigenvalue weighted by Gasteiger charge is -2.17. The summed E-state index contributed by atoms with van der Waals surface area (Å²) >= 11 is 0. The summed E-state index contributed by atoms with van der Waals surface area (Å²) in [6, 6.07) is 3.43. The molecule has 1 aliphatic rings. The summed E-state index contributed by atoms with van der Waals surface area (Å²) in [6.45, 7) is 1.31. The predicted octanol–water partition coefficient (Wildman–Crippen LogP) is 1.08. The highest BCUT2D eigenvalue weighted by Crippen LogP contribution is 2.21. The normalized spacial score (nSPS) is 14.2. The first-order chi connectivity index (χ1) is 8.75. The van der Waals surface area contributed by atoms with Crippen LogP contribution in [0.5, 0.6) is 0 Å². The Kier molecular flexibility index (Phi) is 2.56. The van der Waals surface area contributed by atoms with Gasteiger partial charge in [-0.15, -0.1) is 0 Å². The van der Waals surface area contributed by atoms with Gasteiger partial charge in [0.1, 0.15) is 0 Å². The highest BCUT2D eigenvalue weighted by molar-refractivity contribution is 5.88. The Labute approximate surface area is 103 Å². The van der Waals surface area contributed by atoms with Gasteiger partial charge in [0.15, 0.2) is 17.3 Å². The average Bonchev–Trinajstić information content (AvgIpc) is 2.91. The van der Waals surface area contributed by atoms with Gasteiger partial charge in [-0.05, 0) is 25.1 Å². The Hall–Kier alpha value is -2.21. The van der Waals surface area contributed by atoms with Gasteiger partial charge in [-0.3, -0.25) is 0 Å². The van der Waals surface area contributed by atoms with E-state index in [2.05, 4.69) is 15.3 Å². The molecule has 3 heterocycles. The van der Waals surface area contributed by atoms with E-state index >= 15 is 0 Å². The lowest BCUT2D eigenvalue weighted by atomic mass is 10.0. The maximum atomic E-state index is 11.3. The van der Waals surface area contributed by atoms with Crippen LogP contribution in [0.15, 0.2) is 22.8 Å². The zero-order chi connectivity index (χ0) is 12.5. The summed E-state index contributed by atoms with van der Waals surface area (Å²) < 4.78 is 5.21. The number of carboxylic acids is 1. The molecule has 0 atom stereocenters. The predicted molar refractivity (Wildman–Crippen MR) is 62.1 cm³/mol. The van der Waals surface area contributed by atoms with Crippen LogP contribution >= 0.6 is 0 Å². The van der Waals surface area contributed by atoms with Gasteiger partial charge in [0.25, 0.3) is 0 Å². The van der Waals surface area contributed by atoms with Gasteiger partial charge in [0.2, 0.25) is 0 Å². The molecule has 2 aromatic heterocycles. The number of carboxylic acid groups (broad SMARTS) is 1. The minimum absolute atomic E-state index is 0.0768. The zero-order valence-electron chi connectivity index (χ0n) is 9.51. The molecule has 0 saturated heterocycles. The molecule has 3 rings (SSSR count). The Morgan fingerprint density at radius 2 is 2.33 bits per heavy atom. The molecule has 2 N–H and O–H groups in total. The molecule has 0 radical (unpaired) electrons. The summed E-state index contributed by atoms with van der Waals surface area (Å²) in [5.74, 6) is -0.228. The first kappa shape index (κ1) is 10.9. The maximum Gasteiger partial charge on any atom is 0.354 e. The molecule has 0 aliphatic carbocycles. The molecule has 6 nitrogen and oxygen atoms in total. The largest absolute Gasteiger partial charge is 0.476 e. The van der Waals surface area contributed by atoms with Gasteiger partial charge in [-0.2, -0.15) is 0 Å². The fourth-order valence-corrected chi connectivity index (χ4v) is 2.05. The van der Waals surface area contributed by atoms with Gasteiger partial charge in [-0.25, -0.2) is 14.8 Å². The van der Waals surface area contributed by atoms with Gasteiger partial charge in [0.05, 0.1) is 12.0 Å². The van der Waals surface area contributed by atoms with Gasteiger partial charge < -0.3 is 14.8 Å². The number of nitrogens with one attached hydrogen (secondary N) is 1. The highest BCUT2D eigenvalue weighted by Gasteiger charge is 2.22. The number of hydrogen-bond acceptors (Lipinski definition) is 5. The lowest BCUT2D eigenvalue weighted by Crippen LogP contribution is -2.27. The number of rotatable bonds is 2. The van der Waals surface area contributed by atoms with Crippen molar-refractivity contribution in [2.75, 3.05) is 6.54 Å². The molecule has 2 aromatic rings. The molecule has 0 fully saturated rings. The van der Waals surface area contributed by atoms with E-state index in [0.717, 1.165) is 17.8 Å². The molecular weight excluding hydrogens is 234 g/mol. The number of furan rings is 1. The number of aromatic carboxylic acids is 1. The minimum Gasteiger partial charge on any atom is -0.476 e. The molecule has 0 bridgehead atoms. The lowest BCUT2D eigenvalue weighted by molar-refractivity contribution is 0.0688. The molecule has 0 amide bonds. The SMILES string of the molecule is O=C(O)c1nc(-c2ccco2)nc2c1CCNC2. The second-order valence-corrected chi connectivity index (χ2v) is 4.03. The minimum atomic E-state index is -1.02. The fourth-order valence-electron chi connectivity index (χ4n) is 2.05. The molecule has 1 aliphatic heterocycles. The van der Waals surface area contributed by atoms with Crippen molar-refractivity contribution >= 4 is 5.97 Å². The summed E-state index contributed by atoms with van der Waals surface area (Å²) in [7, 11) is 0. The third-order valence-corrected chi connectivity index (χ3v) is 2.88. The van der Waals surface area contributed by atoms with E-state index in [1.165, 1.54) is 6.26 Å². The van der Waals surface area contributed by atoms with Crippen molar-refractivity contribution in [3.63, 3.8) is 0 Å². The van der Waals surface area contributed by atoms with E-state index < -0.39 is 5.97 Å². The summed E-state index contributed by atoms with van der Waals surface area (Å²) in [6.07, 6.45) is 2.15. The maximum absolute atomic E-state index is 11.3. The topological polar surface area (TPSA) is 88.2 Å². The number of fused-ring (bicyclic) bond motifs is 1. The Balaban J connectivity index is 2.18. The van der Waals surface area contributed by atoms with Crippen LogP contribution in [-0.4, -0.2) is 27.6 Å².